The van der Waals surface area contributed by atoms with Gasteiger partial charge in [0.05, 0.1) is 5.56 Å². The van der Waals surface area contributed by atoms with Crippen molar-refractivity contribution >= 4 is 22.8 Å². The monoisotopic (exact) mass is 557 g/mol. The number of aromatic hydroxyl groups is 1. The molecule has 2 aromatic heterocycles. The molecular formula is C32H36FN5O3. The second-order valence-corrected chi connectivity index (χ2v) is 11.7. The number of fused-ring (bicyclic) bond motifs is 1. The number of phenols is 1. The Morgan fingerprint density at radius 1 is 1.00 bits per heavy atom. The maximum atomic E-state index is 15.0. The molecule has 0 spiro atoms. The first kappa shape index (κ1) is 28.3. The van der Waals surface area contributed by atoms with Crippen molar-refractivity contribution in [3.05, 3.63) is 65.6 Å². The van der Waals surface area contributed by atoms with Crippen LogP contribution in [0, 0.1) is 12.7 Å². The predicted octanol–water partition coefficient (Wildman–Crippen LogP) is 6.69. The van der Waals surface area contributed by atoms with E-state index in [-0.39, 0.29) is 23.3 Å². The number of ether oxygens (including phenoxy) is 1. The Morgan fingerprint density at radius 2 is 1.71 bits per heavy atom. The van der Waals surface area contributed by atoms with Crippen molar-refractivity contribution in [2.24, 2.45) is 0 Å². The standard InChI is InChI=1S/C32H36FN5O3/c1-19(2)21-10-7-8-11-22(21)28-24-18-23(27-25(33)12-9-13-26(27)39)20(3)34-29(24)30(36-35-28)37-14-16-38(17-15-37)31(40)41-32(4,5)6/h7-13,18-19,39H,14-17H2,1-6H3. The van der Waals surface area contributed by atoms with E-state index in [1.807, 2.05) is 45.0 Å². The molecule has 0 saturated carbocycles. The van der Waals surface area contributed by atoms with Crippen molar-refractivity contribution < 1.29 is 19.0 Å². The molecule has 0 unspecified atom stereocenters. The minimum Gasteiger partial charge on any atom is -0.507 e. The second kappa shape index (κ2) is 11.0. The number of hydrogen-bond acceptors (Lipinski definition) is 7. The molecular weight excluding hydrogens is 521 g/mol. The minimum atomic E-state index is -0.566. The van der Waals surface area contributed by atoms with Crippen LogP contribution in [0.15, 0.2) is 48.5 Å². The lowest BCUT2D eigenvalue weighted by molar-refractivity contribution is 0.0240. The smallest absolute Gasteiger partial charge is 0.410 e. The summed E-state index contributed by atoms with van der Waals surface area (Å²) in [6.45, 7) is 13.6. The quantitative estimate of drug-likeness (QED) is 0.299. The maximum Gasteiger partial charge on any atom is 0.410 e. The molecule has 0 aliphatic carbocycles. The number of nitrogens with zero attached hydrogens (tertiary/aromatic N) is 5. The van der Waals surface area contributed by atoms with E-state index >= 15 is 4.39 Å². The molecule has 214 valence electrons. The van der Waals surface area contributed by atoms with Crippen LogP contribution >= 0.6 is 0 Å². The highest BCUT2D eigenvalue weighted by Gasteiger charge is 2.29. The summed E-state index contributed by atoms with van der Waals surface area (Å²) in [6.07, 6.45) is -0.336. The first-order valence-corrected chi connectivity index (χ1v) is 13.9. The summed E-state index contributed by atoms with van der Waals surface area (Å²) in [5.41, 5.74) is 3.90. The Morgan fingerprint density at radius 3 is 2.37 bits per heavy atom. The van der Waals surface area contributed by atoms with E-state index in [9.17, 15) is 9.90 Å². The van der Waals surface area contributed by atoms with Crippen molar-refractivity contribution in [3.8, 4) is 28.1 Å². The number of aromatic nitrogens is 3. The van der Waals surface area contributed by atoms with Gasteiger partial charge >= 0.3 is 6.09 Å². The lowest BCUT2D eigenvalue weighted by Crippen LogP contribution is -2.50. The Labute approximate surface area is 239 Å². The fourth-order valence-corrected chi connectivity index (χ4v) is 5.24. The highest BCUT2D eigenvalue weighted by atomic mass is 19.1. The maximum absolute atomic E-state index is 15.0. The first-order valence-electron chi connectivity index (χ1n) is 13.9. The Hall–Kier alpha value is -4.27. The van der Waals surface area contributed by atoms with Crippen molar-refractivity contribution in [3.63, 3.8) is 0 Å². The average molecular weight is 558 g/mol. The molecule has 0 atom stereocenters. The van der Waals surface area contributed by atoms with Gasteiger partial charge in [-0.2, -0.15) is 0 Å². The van der Waals surface area contributed by atoms with Crippen molar-refractivity contribution in [2.45, 2.75) is 53.1 Å². The molecule has 0 bridgehead atoms. The van der Waals surface area contributed by atoms with Crippen LogP contribution in [-0.4, -0.2) is 63.1 Å². The molecule has 1 fully saturated rings. The number of halogens is 1. The Kier molecular flexibility index (Phi) is 7.55. The van der Waals surface area contributed by atoms with Gasteiger partial charge < -0.3 is 19.6 Å². The lowest BCUT2D eigenvalue weighted by Gasteiger charge is -2.36. The van der Waals surface area contributed by atoms with Crippen molar-refractivity contribution in [2.75, 3.05) is 31.1 Å². The zero-order valence-electron chi connectivity index (χ0n) is 24.4. The number of aryl methyl sites for hydroxylation is 1. The lowest BCUT2D eigenvalue weighted by atomic mass is 9.92. The third-order valence-corrected chi connectivity index (χ3v) is 7.25. The summed E-state index contributed by atoms with van der Waals surface area (Å²) in [4.78, 5) is 21.3. The van der Waals surface area contributed by atoms with Gasteiger partial charge in [-0.25, -0.2) is 14.2 Å². The van der Waals surface area contributed by atoms with Crippen molar-refractivity contribution in [1.82, 2.24) is 20.1 Å². The molecule has 2 aromatic carbocycles. The number of pyridine rings is 1. The zero-order valence-corrected chi connectivity index (χ0v) is 24.4. The third-order valence-electron chi connectivity index (χ3n) is 7.25. The topological polar surface area (TPSA) is 91.7 Å². The van der Waals surface area contributed by atoms with Crippen LogP contribution in [0.1, 0.15) is 51.8 Å². The van der Waals surface area contributed by atoms with Gasteiger partial charge in [0.25, 0.3) is 0 Å². The van der Waals surface area contributed by atoms with E-state index in [4.69, 9.17) is 14.8 Å². The SMILES string of the molecule is Cc1nc2c(N3CCN(C(=O)OC(C)(C)C)CC3)nnc(-c3ccccc3C(C)C)c2cc1-c1c(O)cccc1F. The summed E-state index contributed by atoms with van der Waals surface area (Å²) in [6, 6.07) is 14.2. The molecule has 8 nitrogen and oxygen atoms in total. The number of phenolic OH excluding ortho intramolecular Hbond substituents is 1. The molecule has 1 aliphatic rings. The van der Waals surface area contributed by atoms with Crippen LogP contribution < -0.4 is 4.90 Å². The molecule has 5 rings (SSSR count). The summed E-state index contributed by atoms with van der Waals surface area (Å²) < 4.78 is 20.6. The molecule has 4 aromatic rings. The highest BCUT2D eigenvalue weighted by molar-refractivity contribution is 6.01. The van der Waals surface area contributed by atoms with Gasteiger partial charge in [-0.15, -0.1) is 10.2 Å². The van der Waals surface area contributed by atoms with Crippen LogP contribution in [0.5, 0.6) is 5.75 Å². The zero-order chi connectivity index (χ0) is 29.5. The molecule has 1 saturated heterocycles. The van der Waals surface area contributed by atoms with Gasteiger partial charge in [0.1, 0.15) is 28.4 Å². The largest absolute Gasteiger partial charge is 0.507 e. The number of hydrogen-bond donors (Lipinski definition) is 1. The predicted molar refractivity (Wildman–Crippen MR) is 159 cm³/mol. The van der Waals surface area contributed by atoms with E-state index in [1.54, 1.807) is 11.8 Å². The number of anilines is 1. The second-order valence-electron chi connectivity index (χ2n) is 11.7. The van der Waals surface area contributed by atoms with Gasteiger partial charge in [0.15, 0.2) is 5.82 Å². The van der Waals surface area contributed by atoms with Crippen LogP contribution in [0.4, 0.5) is 15.0 Å². The summed E-state index contributed by atoms with van der Waals surface area (Å²) in [5, 5.41) is 20.7. The highest BCUT2D eigenvalue weighted by Crippen LogP contribution is 2.40. The number of amides is 1. The molecule has 3 heterocycles. The number of rotatable bonds is 4. The first-order chi connectivity index (χ1) is 19.4. The van der Waals surface area contributed by atoms with Crippen molar-refractivity contribution in [1.29, 1.82) is 0 Å². The molecule has 1 amide bonds. The number of benzene rings is 2. The minimum absolute atomic E-state index is 0.104. The summed E-state index contributed by atoms with van der Waals surface area (Å²) in [7, 11) is 0. The van der Waals surface area contributed by atoms with Gasteiger partial charge in [-0.3, -0.25) is 0 Å². The Balaban J connectivity index is 1.63. The van der Waals surface area contributed by atoms with Crippen LogP contribution in [0.2, 0.25) is 0 Å². The van der Waals surface area contributed by atoms with E-state index in [1.165, 1.54) is 18.2 Å². The molecule has 9 heteroatoms. The molecule has 1 aliphatic heterocycles. The molecule has 1 N–H and O–H groups in total. The average Bonchev–Trinajstić information content (AvgIpc) is 2.92. The van der Waals surface area contributed by atoms with E-state index in [2.05, 4.69) is 29.9 Å². The van der Waals surface area contributed by atoms with E-state index < -0.39 is 11.4 Å². The van der Waals surface area contributed by atoms with E-state index in [0.29, 0.717) is 59.9 Å². The van der Waals surface area contributed by atoms with Crippen LogP contribution in [-0.2, 0) is 4.74 Å². The van der Waals surface area contributed by atoms with Gasteiger partial charge in [0.2, 0.25) is 0 Å². The summed E-state index contributed by atoms with van der Waals surface area (Å²) >= 11 is 0. The number of carbonyl (C=O) groups excluding carboxylic acids is 1. The number of carbonyl (C=O) groups is 1. The van der Waals surface area contributed by atoms with E-state index in [0.717, 1.165) is 11.1 Å². The van der Waals surface area contributed by atoms with Crippen LogP contribution in [0.3, 0.4) is 0 Å². The van der Waals surface area contributed by atoms with Gasteiger partial charge in [-0.1, -0.05) is 44.2 Å². The summed E-state index contributed by atoms with van der Waals surface area (Å²) in [5.74, 6) is 0.150. The van der Waals surface area contributed by atoms with Crippen LogP contribution in [0.25, 0.3) is 33.3 Å². The fourth-order valence-electron chi connectivity index (χ4n) is 5.24. The molecule has 0 radical (unpaired) electrons. The fraction of sp³-hybridized carbons (Fsp3) is 0.375. The number of piperazine rings is 1. The Bertz CT molecular complexity index is 1590. The third kappa shape index (κ3) is 5.66. The normalized spacial score (nSPS) is 14.1. The van der Waals surface area contributed by atoms with Gasteiger partial charge in [-0.05, 0) is 57.4 Å². The van der Waals surface area contributed by atoms with Gasteiger partial charge in [0, 0.05) is 48.4 Å². The molecule has 41 heavy (non-hydrogen) atoms.